The first-order valence-electron chi connectivity index (χ1n) is 3.53. The van der Waals surface area contributed by atoms with Gasteiger partial charge in [-0.15, -0.1) is 12.4 Å². The van der Waals surface area contributed by atoms with Gasteiger partial charge in [0.25, 0.3) is 0 Å². The highest BCUT2D eigenvalue weighted by molar-refractivity contribution is 5.85. The van der Waals surface area contributed by atoms with Gasteiger partial charge < -0.3 is 10.5 Å². The fourth-order valence-corrected chi connectivity index (χ4v) is 0.919. The van der Waals surface area contributed by atoms with Crippen LogP contribution < -0.4 is 5.73 Å². The standard InChI is InChI=1S/C7H11N3O2.ClH/c1-5(7(11)12-2)10-6(8)3-4-9-10;/h3-5H,8H2,1-2H3;1H. The summed E-state index contributed by atoms with van der Waals surface area (Å²) in [7, 11) is 1.33. The normalized spacial score (nSPS) is 11.5. The first kappa shape index (κ1) is 11.8. The first-order chi connectivity index (χ1) is 5.66. The number of nitrogens with two attached hydrogens (primary N) is 1. The first-order valence-corrected chi connectivity index (χ1v) is 3.53. The molecule has 74 valence electrons. The fourth-order valence-electron chi connectivity index (χ4n) is 0.919. The van der Waals surface area contributed by atoms with Crippen LogP contribution in [0.5, 0.6) is 0 Å². The lowest BCUT2D eigenvalue weighted by molar-refractivity contribution is -0.144. The molecule has 1 unspecified atom stereocenters. The second-order valence-electron chi connectivity index (χ2n) is 2.40. The predicted molar refractivity (Wildman–Crippen MR) is 50.6 cm³/mol. The molecule has 0 radical (unpaired) electrons. The maximum atomic E-state index is 11.0. The maximum absolute atomic E-state index is 11.0. The number of rotatable bonds is 2. The van der Waals surface area contributed by atoms with Crippen LogP contribution in [-0.2, 0) is 9.53 Å². The number of hydrogen-bond acceptors (Lipinski definition) is 4. The summed E-state index contributed by atoms with van der Waals surface area (Å²) in [5.74, 6) is 0.0956. The van der Waals surface area contributed by atoms with Crippen LogP contribution in [-0.4, -0.2) is 22.9 Å². The van der Waals surface area contributed by atoms with Gasteiger partial charge in [0.15, 0.2) is 0 Å². The van der Waals surface area contributed by atoms with Gasteiger partial charge in [0.05, 0.1) is 13.3 Å². The highest BCUT2D eigenvalue weighted by Crippen LogP contribution is 2.11. The number of halogens is 1. The van der Waals surface area contributed by atoms with Gasteiger partial charge in [-0.3, -0.25) is 0 Å². The van der Waals surface area contributed by atoms with E-state index in [-0.39, 0.29) is 18.4 Å². The Balaban J connectivity index is 0.00000144. The molecule has 0 saturated heterocycles. The minimum absolute atomic E-state index is 0. The Morgan fingerprint density at radius 3 is 2.77 bits per heavy atom. The summed E-state index contributed by atoms with van der Waals surface area (Å²) in [6.45, 7) is 1.68. The molecule has 1 aromatic rings. The minimum atomic E-state index is -0.468. The summed E-state index contributed by atoms with van der Waals surface area (Å²) >= 11 is 0. The second-order valence-corrected chi connectivity index (χ2v) is 2.40. The molecule has 1 aromatic heterocycles. The molecule has 0 aliphatic rings. The van der Waals surface area contributed by atoms with Crippen molar-refractivity contribution in [3.8, 4) is 0 Å². The molecule has 0 spiro atoms. The zero-order valence-electron chi connectivity index (χ0n) is 7.43. The molecule has 1 heterocycles. The minimum Gasteiger partial charge on any atom is -0.467 e. The van der Waals surface area contributed by atoms with E-state index in [1.54, 1.807) is 13.0 Å². The Kier molecular flexibility index (Phi) is 4.27. The SMILES string of the molecule is COC(=O)C(C)n1nccc1N.Cl. The number of carbonyl (C=O) groups is 1. The average Bonchev–Trinajstić information content (AvgIpc) is 2.48. The van der Waals surface area contributed by atoms with E-state index in [1.807, 2.05) is 0 Å². The summed E-state index contributed by atoms with van der Waals surface area (Å²) in [6, 6.07) is 1.16. The van der Waals surface area contributed by atoms with Gasteiger partial charge in [-0.05, 0) is 13.0 Å². The number of esters is 1. The van der Waals surface area contributed by atoms with E-state index in [0.29, 0.717) is 5.82 Å². The van der Waals surface area contributed by atoms with Crippen LogP contribution in [0.25, 0.3) is 0 Å². The summed E-state index contributed by atoms with van der Waals surface area (Å²) in [5, 5.41) is 3.88. The second kappa shape index (κ2) is 4.71. The van der Waals surface area contributed by atoms with Crippen LogP contribution in [0.4, 0.5) is 5.82 Å². The summed E-state index contributed by atoms with van der Waals surface area (Å²) in [5.41, 5.74) is 5.53. The third-order valence-electron chi connectivity index (χ3n) is 1.61. The quantitative estimate of drug-likeness (QED) is 0.719. The van der Waals surface area contributed by atoms with E-state index in [9.17, 15) is 4.79 Å². The number of hydrogen-bond donors (Lipinski definition) is 1. The molecule has 0 aliphatic carbocycles. The lowest BCUT2D eigenvalue weighted by atomic mass is 10.3. The van der Waals surface area contributed by atoms with Crippen LogP contribution >= 0.6 is 12.4 Å². The van der Waals surface area contributed by atoms with Gasteiger partial charge in [-0.1, -0.05) is 0 Å². The van der Waals surface area contributed by atoms with E-state index >= 15 is 0 Å². The van der Waals surface area contributed by atoms with E-state index in [1.165, 1.54) is 18.0 Å². The molecule has 1 rings (SSSR count). The molecule has 0 fully saturated rings. The summed E-state index contributed by atoms with van der Waals surface area (Å²) in [4.78, 5) is 11.0. The zero-order chi connectivity index (χ0) is 9.14. The Morgan fingerprint density at radius 1 is 1.77 bits per heavy atom. The van der Waals surface area contributed by atoms with Crippen molar-refractivity contribution in [1.82, 2.24) is 9.78 Å². The van der Waals surface area contributed by atoms with Crippen molar-refractivity contribution in [1.29, 1.82) is 0 Å². The summed E-state index contributed by atoms with van der Waals surface area (Å²) in [6.07, 6.45) is 1.54. The van der Waals surface area contributed by atoms with Crippen LogP contribution in [0.3, 0.4) is 0 Å². The summed E-state index contributed by atoms with van der Waals surface area (Å²) < 4.78 is 5.94. The van der Waals surface area contributed by atoms with Crippen LogP contribution in [0.1, 0.15) is 13.0 Å². The lowest BCUT2D eigenvalue weighted by Crippen LogP contribution is -2.20. The van der Waals surface area contributed by atoms with Crippen molar-refractivity contribution in [2.45, 2.75) is 13.0 Å². The topological polar surface area (TPSA) is 70.1 Å². The molecular weight excluding hydrogens is 194 g/mol. The lowest BCUT2D eigenvalue weighted by Gasteiger charge is -2.10. The molecular formula is C7H12ClN3O2. The van der Waals surface area contributed by atoms with Gasteiger partial charge in [0, 0.05) is 0 Å². The number of aromatic nitrogens is 2. The Morgan fingerprint density at radius 2 is 2.38 bits per heavy atom. The van der Waals surface area contributed by atoms with E-state index in [0.717, 1.165) is 0 Å². The Labute approximate surface area is 82.3 Å². The van der Waals surface area contributed by atoms with Gasteiger partial charge >= 0.3 is 5.97 Å². The molecule has 1 atom stereocenters. The number of ether oxygens (including phenoxy) is 1. The molecule has 0 saturated carbocycles. The van der Waals surface area contributed by atoms with Crippen molar-refractivity contribution in [2.24, 2.45) is 0 Å². The molecule has 0 aromatic carbocycles. The van der Waals surface area contributed by atoms with Crippen molar-refractivity contribution in [3.63, 3.8) is 0 Å². The van der Waals surface area contributed by atoms with Gasteiger partial charge in [-0.25, -0.2) is 9.48 Å². The Bertz CT molecular complexity index is 287. The van der Waals surface area contributed by atoms with Crippen LogP contribution in [0.15, 0.2) is 12.3 Å². The molecule has 6 heteroatoms. The predicted octanol–water partition coefficient (Wildman–Crippen LogP) is 0.621. The number of nitrogen functional groups attached to an aromatic ring is 1. The van der Waals surface area contributed by atoms with Crippen LogP contribution in [0.2, 0.25) is 0 Å². The van der Waals surface area contributed by atoms with Crippen molar-refractivity contribution >= 4 is 24.2 Å². The molecule has 0 amide bonds. The smallest absolute Gasteiger partial charge is 0.330 e. The van der Waals surface area contributed by atoms with E-state index < -0.39 is 6.04 Å². The van der Waals surface area contributed by atoms with E-state index in [2.05, 4.69) is 9.84 Å². The van der Waals surface area contributed by atoms with Crippen LogP contribution in [0, 0.1) is 0 Å². The van der Waals surface area contributed by atoms with Crippen molar-refractivity contribution in [2.75, 3.05) is 12.8 Å². The molecule has 0 bridgehead atoms. The monoisotopic (exact) mass is 205 g/mol. The highest BCUT2D eigenvalue weighted by atomic mass is 35.5. The Hall–Kier alpha value is -1.23. The third-order valence-corrected chi connectivity index (χ3v) is 1.61. The molecule has 13 heavy (non-hydrogen) atoms. The van der Waals surface area contributed by atoms with Gasteiger partial charge in [0.2, 0.25) is 0 Å². The third kappa shape index (κ3) is 2.35. The zero-order valence-corrected chi connectivity index (χ0v) is 8.25. The van der Waals surface area contributed by atoms with Crippen molar-refractivity contribution < 1.29 is 9.53 Å². The maximum Gasteiger partial charge on any atom is 0.330 e. The van der Waals surface area contributed by atoms with Crippen molar-refractivity contribution in [3.05, 3.63) is 12.3 Å². The number of methoxy groups -OCH3 is 1. The number of anilines is 1. The average molecular weight is 206 g/mol. The largest absolute Gasteiger partial charge is 0.467 e. The molecule has 5 nitrogen and oxygen atoms in total. The van der Waals surface area contributed by atoms with Gasteiger partial charge in [0.1, 0.15) is 11.9 Å². The highest BCUT2D eigenvalue weighted by Gasteiger charge is 2.16. The fraction of sp³-hybridized carbons (Fsp3) is 0.429. The van der Waals surface area contributed by atoms with E-state index in [4.69, 9.17) is 5.73 Å². The van der Waals surface area contributed by atoms with Gasteiger partial charge in [-0.2, -0.15) is 5.10 Å². The molecule has 0 aliphatic heterocycles. The number of nitrogens with zero attached hydrogens (tertiary/aromatic N) is 2. The molecule has 2 N–H and O–H groups in total. The number of carbonyl (C=O) groups excluding carboxylic acids is 1.